The molecule has 3 N–H and O–H groups in total. The number of aromatic nitrogens is 6. The van der Waals surface area contributed by atoms with Crippen molar-refractivity contribution in [3.63, 3.8) is 0 Å². The minimum atomic E-state index is -0.364. The van der Waals surface area contributed by atoms with Crippen molar-refractivity contribution in [1.82, 2.24) is 29.4 Å². The van der Waals surface area contributed by atoms with Crippen LogP contribution in [0.15, 0.2) is 67.3 Å². The van der Waals surface area contributed by atoms with E-state index in [4.69, 9.17) is 4.74 Å². The number of nitrogens with zero attached hydrogens (tertiary/aromatic N) is 6. The highest BCUT2D eigenvalue weighted by Gasteiger charge is 2.19. The number of nitrogens with one attached hydrogen (secondary N) is 2. The summed E-state index contributed by atoms with van der Waals surface area (Å²) in [6.45, 7) is 1.38. The van der Waals surface area contributed by atoms with Gasteiger partial charge in [0.1, 0.15) is 23.5 Å². The summed E-state index contributed by atoms with van der Waals surface area (Å²) in [5, 5.41) is 25.1. The maximum atomic E-state index is 13.2. The van der Waals surface area contributed by atoms with Crippen molar-refractivity contribution in [2.45, 2.75) is 18.8 Å². The molecule has 1 aliphatic heterocycles. The zero-order valence-corrected chi connectivity index (χ0v) is 20.7. The molecular formula is C27H26N8O3. The lowest BCUT2D eigenvalue weighted by atomic mass is 9.91. The monoisotopic (exact) mass is 510 g/mol. The minimum Gasteiger partial charge on any atom is -0.508 e. The molecule has 0 saturated carbocycles. The standard InChI is InChI=1S/C27H26N8O3/c1-34-16-28-25(33-34)18-3-2-4-20(11-18)30-24-5-8-35-26(32-24)23(15-29-35)27(37)31-21-12-19(13-22(36)14-21)17-6-9-38-10-7-17/h2-5,8,11-17,36H,6-7,9-10H2,1H3,(H,30,32)(H,31,37). The average Bonchev–Trinajstić information content (AvgIpc) is 3.55. The predicted octanol–water partition coefficient (Wildman–Crippen LogP) is 4.12. The number of amides is 1. The largest absolute Gasteiger partial charge is 0.508 e. The second-order valence-electron chi connectivity index (χ2n) is 9.24. The number of carbonyl (C=O) groups is 1. The van der Waals surface area contributed by atoms with Crippen molar-refractivity contribution < 1.29 is 14.6 Å². The molecule has 4 heterocycles. The topological polar surface area (TPSA) is 131 Å². The van der Waals surface area contributed by atoms with Crippen LogP contribution < -0.4 is 10.6 Å². The summed E-state index contributed by atoms with van der Waals surface area (Å²) in [5.41, 5.74) is 3.89. The highest BCUT2D eigenvalue weighted by atomic mass is 16.5. The third-order valence-corrected chi connectivity index (χ3v) is 6.50. The van der Waals surface area contributed by atoms with Crippen molar-refractivity contribution in [1.29, 1.82) is 0 Å². The zero-order chi connectivity index (χ0) is 26.1. The molecule has 5 aromatic rings. The molecule has 1 fully saturated rings. The van der Waals surface area contributed by atoms with E-state index < -0.39 is 0 Å². The van der Waals surface area contributed by atoms with Crippen molar-refractivity contribution in [2.75, 3.05) is 23.8 Å². The second-order valence-corrected chi connectivity index (χ2v) is 9.24. The van der Waals surface area contributed by atoms with Crippen molar-refractivity contribution in [3.05, 3.63) is 78.4 Å². The molecule has 1 amide bonds. The van der Waals surface area contributed by atoms with Gasteiger partial charge >= 0.3 is 0 Å². The number of hydrogen-bond acceptors (Lipinski definition) is 8. The van der Waals surface area contributed by atoms with E-state index in [-0.39, 0.29) is 17.6 Å². The van der Waals surface area contributed by atoms with Gasteiger partial charge in [0.05, 0.1) is 6.20 Å². The molecule has 1 saturated heterocycles. The van der Waals surface area contributed by atoms with Crippen molar-refractivity contribution in [3.8, 4) is 17.1 Å². The summed E-state index contributed by atoms with van der Waals surface area (Å²) < 4.78 is 8.65. The Morgan fingerprint density at radius 2 is 1.97 bits per heavy atom. The van der Waals surface area contributed by atoms with Gasteiger partial charge in [0, 0.05) is 49.5 Å². The van der Waals surface area contributed by atoms with Gasteiger partial charge in [-0.25, -0.2) is 14.5 Å². The number of phenolic OH excluding ortho intramolecular Hbond substituents is 1. The number of fused-ring (bicyclic) bond motifs is 1. The summed E-state index contributed by atoms with van der Waals surface area (Å²) >= 11 is 0. The number of benzene rings is 2. The first-order valence-corrected chi connectivity index (χ1v) is 12.3. The van der Waals surface area contributed by atoms with Gasteiger partial charge in [0.15, 0.2) is 11.5 Å². The van der Waals surface area contributed by atoms with E-state index in [0.717, 1.165) is 29.7 Å². The van der Waals surface area contributed by atoms with E-state index >= 15 is 0 Å². The summed E-state index contributed by atoms with van der Waals surface area (Å²) in [6, 6.07) is 14.7. The number of phenols is 1. The Morgan fingerprint density at radius 1 is 1.11 bits per heavy atom. The van der Waals surface area contributed by atoms with Gasteiger partial charge in [-0.05, 0) is 54.7 Å². The highest BCUT2D eigenvalue weighted by molar-refractivity contribution is 6.08. The van der Waals surface area contributed by atoms with Gasteiger partial charge in [0.2, 0.25) is 0 Å². The van der Waals surface area contributed by atoms with E-state index in [1.165, 1.54) is 12.3 Å². The molecule has 0 radical (unpaired) electrons. The van der Waals surface area contributed by atoms with Crippen LogP contribution in [0.4, 0.5) is 17.2 Å². The van der Waals surface area contributed by atoms with E-state index in [2.05, 4.69) is 30.8 Å². The zero-order valence-electron chi connectivity index (χ0n) is 20.7. The first kappa shape index (κ1) is 23.6. The SMILES string of the molecule is Cn1cnc(-c2cccc(Nc3ccn4ncc(C(=O)Nc5cc(O)cc(C6CCOCC6)c5)c4n3)c2)n1. The molecule has 11 nitrogen and oxygen atoms in total. The Labute approximate surface area is 218 Å². The lowest BCUT2D eigenvalue weighted by molar-refractivity contribution is 0.0853. The third kappa shape index (κ3) is 4.91. The van der Waals surface area contributed by atoms with E-state index in [1.807, 2.05) is 37.4 Å². The maximum Gasteiger partial charge on any atom is 0.261 e. The maximum absolute atomic E-state index is 13.2. The Hall–Kier alpha value is -4.77. The quantitative estimate of drug-likeness (QED) is 0.311. The highest BCUT2D eigenvalue weighted by Crippen LogP contribution is 2.32. The molecule has 6 rings (SSSR count). The molecule has 192 valence electrons. The first-order valence-electron chi connectivity index (χ1n) is 12.3. The van der Waals surface area contributed by atoms with Crippen LogP contribution >= 0.6 is 0 Å². The average molecular weight is 511 g/mol. The van der Waals surface area contributed by atoms with Crippen molar-refractivity contribution >= 4 is 28.7 Å². The fourth-order valence-corrected chi connectivity index (χ4v) is 4.63. The van der Waals surface area contributed by atoms with Crippen LogP contribution in [-0.2, 0) is 11.8 Å². The van der Waals surface area contributed by atoms with Gasteiger partial charge in [-0.2, -0.15) is 10.2 Å². The summed E-state index contributed by atoms with van der Waals surface area (Å²) in [5.74, 6) is 1.21. The van der Waals surface area contributed by atoms with Gasteiger partial charge in [-0.3, -0.25) is 9.48 Å². The van der Waals surface area contributed by atoms with Crippen LogP contribution in [0, 0.1) is 0 Å². The van der Waals surface area contributed by atoms with Gasteiger partial charge < -0.3 is 20.5 Å². The first-order chi connectivity index (χ1) is 18.5. The van der Waals surface area contributed by atoms with Gasteiger partial charge in [-0.1, -0.05) is 12.1 Å². The third-order valence-electron chi connectivity index (χ3n) is 6.50. The Kier molecular flexibility index (Phi) is 6.18. The molecule has 0 aliphatic carbocycles. The summed E-state index contributed by atoms with van der Waals surface area (Å²) in [6.07, 6.45) is 6.64. The van der Waals surface area contributed by atoms with Crippen LogP contribution in [0.5, 0.6) is 5.75 Å². The molecule has 0 unspecified atom stereocenters. The lowest BCUT2D eigenvalue weighted by Crippen LogP contribution is -2.15. The second kappa shape index (κ2) is 9.94. The van der Waals surface area contributed by atoms with Gasteiger partial charge in [-0.15, -0.1) is 0 Å². The number of carbonyl (C=O) groups excluding carboxylic acids is 1. The molecule has 0 spiro atoms. The number of rotatable bonds is 6. The Bertz CT molecular complexity index is 1620. The van der Waals surface area contributed by atoms with E-state index in [9.17, 15) is 9.90 Å². The van der Waals surface area contributed by atoms with Crippen LogP contribution in [0.3, 0.4) is 0 Å². The molecule has 3 aromatic heterocycles. The van der Waals surface area contributed by atoms with Crippen LogP contribution in [0.2, 0.25) is 0 Å². The Balaban J connectivity index is 1.23. The fraction of sp³-hybridized carbons (Fsp3) is 0.222. The summed E-state index contributed by atoms with van der Waals surface area (Å²) in [7, 11) is 1.82. The van der Waals surface area contributed by atoms with E-state index in [1.54, 1.807) is 33.9 Å². The van der Waals surface area contributed by atoms with E-state index in [0.29, 0.717) is 41.8 Å². The van der Waals surface area contributed by atoms with Crippen LogP contribution in [0.25, 0.3) is 17.0 Å². The van der Waals surface area contributed by atoms with Gasteiger partial charge in [0.25, 0.3) is 5.91 Å². The van der Waals surface area contributed by atoms with Crippen LogP contribution in [0.1, 0.15) is 34.7 Å². The minimum absolute atomic E-state index is 0.108. The normalized spacial score (nSPS) is 14.0. The number of aryl methyl sites for hydroxylation is 1. The lowest BCUT2D eigenvalue weighted by Gasteiger charge is -2.23. The molecule has 1 aliphatic rings. The molecule has 0 bridgehead atoms. The number of aromatic hydroxyl groups is 1. The molecule has 11 heteroatoms. The molecule has 38 heavy (non-hydrogen) atoms. The summed E-state index contributed by atoms with van der Waals surface area (Å²) in [4.78, 5) is 22.2. The fourth-order valence-electron chi connectivity index (χ4n) is 4.63. The molecule has 0 atom stereocenters. The molecular weight excluding hydrogens is 484 g/mol. The number of hydrogen-bond donors (Lipinski definition) is 3. The molecule has 2 aromatic carbocycles. The smallest absolute Gasteiger partial charge is 0.261 e. The number of anilines is 3. The Morgan fingerprint density at radius 3 is 2.79 bits per heavy atom. The van der Waals surface area contributed by atoms with Crippen molar-refractivity contribution in [2.24, 2.45) is 7.05 Å². The van der Waals surface area contributed by atoms with Crippen LogP contribution in [-0.4, -0.2) is 53.6 Å². The number of ether oxygens (including phenoxy) is 1. The predicted molar refractivity (Wildman–Crippen MR) is 142 cm³/mol.